The van der Waals surface area contributed by atoms with E-state index in [0.717, 1.165) is 24.2 Å². The minimum atomic E-state index is -0.135. The molecule has 0 amide bonds. The number of nitrogens with zero attached hydrogens (tertiary/aromatic N) is 2. The first-order valence-corrected chi connectivity index (χ1v) is 18.9. The zero-order valence-electron chi connectivity index (χ0n) is 30.4. The number of rotatable bonds is 8. The van der Waals surface area contributed by atoms with E-state index in [0.29, 0.717) is 12.0 Å². The minimum absolute atomic E-state index is 0.135. The Morgan fingerprint density at radius 2 is 1.23 bits per heavy atom. The average molecular weight is 685 g/mol. The zero-order valence-corrected chi connectivity index (χ0v) is 30.4. The van der Waals surface area contributed by atoms with Crippen molar-refractivity contribution in [2.45, 2.75) is 38.1 Å². The van der Waals surface area contributed by atoms with Gasteiger partial charge in [0.1, 0.15) is 0 Å². The van der Waals surface area contributed by atoms with Crippen LogP contribution in [0.4, 0.5) is 22.7 Å². The molecule has 2 unspecified atom stereocenters. The molecule has 53 heavy (non-hydrogen) atoms. The molecule has 0 saturated heterocycles. The maximum absolute atomic E-state index is 2.51. The van der Waals surface area contributed by atoms with E-state index in [1.165, 1.54) is 56.0 Å². The third-order valence-electron chi connectivity index (χ3n) is 11.2. The number of para-hydroxylation sites is 2. The molecule has 0 radical (unpaired) electrons. The summed E-state index contributed by atoms with van der Waals surface area (Å²) in [7, 11) is 0. The molecular weight excluding hydrogens is 641 g/mol. The summed E-state index contributed by atoms with van der Waals surface area (Å²) in [6, 6.07) is 44.6. The first kappa shape index (κ1) is 32.8. The summed E-state index contributed by atoms with van der Waals surface area (Å²) in [5.41, 5.74) is 15.0. The van der Waals surface area contributed by atoms with Crippen molar-refractivity contribution in [1.29, 1.82) is 0 Å². The van der Waals surface area contributed by atoms with Gasteiger partial charge in [0, 0.05) is 39.8 Å². The van der Waals surface area contributed by atoms with Gasteiger partial charge in [-0.3, -0.25) is 0 Å². The summed E-state index contributed by atoms with van der Waals surface area (Å²) in [6.07, 6.45) is 29.2. The molecule has 0 N–H and O–H groups in total. The van der Waals surface area contributed by atoms with E-state index in [1.807, 2.05) is 0 Å². The molecule has 2 heteroatoms. The summed E-state index contributed by atoms with van der Waals surface area (Å²) < 4.78 is 0. The first-order valence-electron chi connectivity index (χ1n) is 18.9. The molecule has 0 fully saturated rings. The number of anilines is 4. The van der Waals surface area contributed by atoms with Gasteiger partial charge < -0.3 is 9.80 Å². The van der Waals surface area contributed by atoms with Crippen molar-refractivity contribution >= 4 is 34.9 Å². The molecule has 4 aliphatic carbocycles. The third kappa shape index (κ3) is 6.25. The lowest BCUT2D eigenvalue weighted by atomic mass is 9.81. The van der Waals surface area contributed by atoms with Crippen LogP contribution in [-0.2, 0) is 5.41 Å². The Labute approximate surface area is 314 Å². The predicted molar refractivity (Wildman–Crippen MR) is 226 cm³/mol. The Kier molecular flexibility index (Phi) is 8.52. The van der Waals surface area contributed by atoms with Crippen molar-refractivity contribution in [1.82, 2.24) is 0 Å². The Bertz CT molecular complexity index is 2330. The lowest BCUT2D eigenvalue weighted by Gasteiger charge is -2.36. The number of benzene rings is 5. The van der Waals surface area contributed by atoms with E-state index in [9.17, 15) is 0 Å². The van der Waals surface area contributed by atoms with Gasteiger partial charge >= 0.3 is 0 Å². The summed E-state index contributed by atoms with van der Waals surface area (Å²) in [5, 5.41) is 0. The SMILES string of the molecule is CC1(C)c2cc(/C=C/c3ccc(N(C4=CCC5C=CC=CC5=C4)C4C=CC=CC4)cc3)ccc2-c2ccc(N(c3ccccc3)c3ccccc3)cc21. The summed E-state index contributed by atoms with van der Waals surface area (Å²) in [5.74, 6) is 0.487. The van der Waals surface area contributed by atoms with E-state index in [1.54, 1.807) is 0 Å². The van der Waals surface area contributed by atoms with Gasteiger partial charge in [-0.1, -0.05) is 153 Å². The quantitative estimate of drug-likeness (QED) is 0.150. The maximum Gasteiger partial charge on any atom is 0.0559 e. The van der Waals surface area contributed by atoms with Crippen molar-refractivity contribution < 1.29 is 0 Å². The average Bonchev–Trinajstić information content (AvgIpc) is 3.44. The summed E-state index contributed by atoms with van der Waals surface area (Å²) in [6.45, 7) is 4.73. The van der Waals surface area contributed by atoms with E-state index in [4.69, 9.17) is 0 Å². The van der Waals surface area contributed by atoms with Crippen LogP contribution in [0.5, 0.6) is 0 Å². The molecule has 5 aromatic carbocycles. The van der Waals surface area contributed by atoms with Crippen LogP contribution in [0.1, 0.15) is 48.9 Å². The molecule has 0 saturated carbocycles. The molecule has 0 spiro atoms. The number of hydrogen-bond acceptors (Lipinski definition) is 2. The molecule has 0 aliphatic heterocycles. The molecule has 2 nitrogen and oxygen atoms in total. The fourth-order valence-corrected chi connectivity index (χ4v) is 8.43. The third-order valence-corrected chi connectivity index (χ3v) is 11.2. The lowest BCUT2D eigenvalue weighted by molar-refractivity contribution is 0.660. The second-order valence-corrected chi connectivity index (χ2v) is 14.9. The minimum Gasteiger partial charge on any atom is -0.334 e. The van der Waals surface area contributed by atoms with Crippen LogP contribution in [-0.4, -0.2) is 6.04 Å². The lowest BCUT2D eigenvalue weighted by Crippen LogP contribution is -2.34. The Hall–Kier alpha value is -6.12. The summed E-state index contributed by atoms with van der Waals surface area (Å²) in [4.78, 5) is 4.86. The molecule has 4 aliphatic rings. The molecule has 5 aromatic rings. The van der Waals surface area contributed by atoms with Crippen molar-refractivity contribution in [2.75, 3.05) is 9.80 Å². The molecule has 258 valence electrons. The van der Waals surface area contributed by atoms with E-state index in [2.05, 4.69) is 218 Å². The van der Waals surface area contributed by atoms with Gasteiger partial charge in [-0.15, -0.1) is 0 Å². The highest BCUT2D eigenvalue weighted by Gasteiger charge is 2.36. The number of allylic oxidation sites excluding steroid dienone is 9. The van der Waals surface area contributed by atoms with Gasteiger partial charge in [0.2, 0.25) is 0 Å². The van der Waals surface area contributed by atoms with E-state index < -0.39 is 0 Å². The predicted octanol–water partition coefficient (Wildman–Crippen LogP) is 13.3. The topological polar surface area (TPSA) is 6.48 Å². The second kappa shape index (κ2) is 13.8. The van der Waals surface area contributed by atoms with Gasteiger partial charge in [-0.05, 0) is 106 Å². The normalized spacial score (nSPS) is 19.0. The van der Waals surface area contributed by atoms with Crippen LogP contribution in [0.3, 0.4) is 0 Å². The largest absolute Gasteiger partial charge is 0.334 e. The number of hydrogen-bond donors (Lipinski definition) is 0. The molecule has 0 bridgehead atoms. The molecule has 0 heterocycles. The van der Waals surface area contributed by atoms with Crippen molar-refractivity contribution in [3.05, 3.63) is 216 Å². The Morgan fingerprint density at radius 1 is 0.585 bits per heavy atom. The van der Waals surface area contributed by atoms with Gasteiger partial charge in [-0.2, -0.15) is 0 Å². The molecule has 2 atom stereocenters. The van der Waals surface area contributed by atoms with Crippen molar-refractivity contribution in [2.24, 2.45) is 5.92 Å². The smallest absolute Gasteiger partial charge is 0.0559 e. The fraction of sp³-hybridized carbons (Fsp3) is 0.137. The van der Waals surface area contributed by atoms with Crippen molar-refractivity contribution in [3.63, 3.8) is 0 Å². The second-order valence-electron chi connectivity index (χ2n) is 14.9. The van der Waals surface area contributed by atoms with Crippen LogP contribution >= 0.6 is 0 Å². The highest BCUT2D eigenvalue weighted by molar-refractivity contribution is 5.86. The van der Waals surface area contributed by atoms with Gasteiger partial charge in [0.05, 0.1) is 6.04 Å². The molecular formula is C51H44N2. The van der Waals surface area contributed by atoms with Crippen LogP contribution in [0.15, 0.2) is 193 Å². The van der Waals surface area contributed by atoms with Crippen LogP contribution in [0.25, 0.3) is 23.3 Å². The molecule has 9 rings (SSSR count). The number of fused-ring (bicyclic) bond motifs is 4. The first-order chi connectivity index (χ1) is 26.0. The van der Waals surface area contributed by atoms with Crippen LogP contribution in [0.2, 0.25) is 0 Å². The fourth-order valence-electron chi connectivity index (χ4n) is 8.43. The Balaban J connectivity index is 0.977. The standard InChI is InChI=1S/C51H44N2/c1-51(2)49-34-38(26-32-47(49)48-33-31-46(36-50(48)51)52(41-16-6-3-7-17-41)42-18-8-4-9-19-42)23-22-37-24-28-44(29-25-37)53(43-20-10-5-11-21-43)45-30-27-39-14-12-13-15-40(39)35-45/h3-20,22-26,28-36,39,43H,21,27H2,1-2H3/b23-22+. The summed E-state index contributed by atoms with van der Waals surface area (Å²) >= 11 is 0. The van der Waals surface area contributed by atoms with Gasteiger partial charge in [-0.25, -0.2) is 0 Å². The highest BCUT2D eigenvalue weighted by Crippen LogP contribution is 2.51. The maximum atomic E-state index is 2.51. The van der Waals surface area contributed by atoms with Gasteiger partial charge in [0.15, 0.2) is 0 Å². The van der Waals surface area contributed by atoms with Gasteiger partial charge in [0.25, 0.3) is 0 Å². The Morgan fingerprint density at radius 3 is 1.94 bits per heavy atom. The van der Waals surface area contributed by atoms with Crippen LogP contribution < -0.4 is 9.80 Å². The van der Waals surface area contributed by atoms with Crippen LogP contribution in [0, 0.1) is 5.92 Å². The zero-order chi connectivity index (χ0) is 35.8. The van der Waals surface area contributed by atoms with E-state index >= 15 is 0 Å². The molecule has 0 aromatic heterocycles. The van der Waals surface area contributed by atoms with E-state index in [-0.39, 0.29) is 5.41 Å². The highest BCUT2D eigenvalue weighted by atomic mass is 15.2. The van der Waals surface area contributed by atoms with Crippen molar-refractivity contribution in [3.8, 4) is 11.1 Å². The monoisotopic (exact) mass is 684 g/mol.